The smallest absolute Gasteiger partial charge is 0.118 e. The third-order valence-electron chi connectivity index (χ3n) is 4.68. The van der Waals surface area contributed by atoms with Gasteiger partial charge in [0.05, 0.1) is 12.8 Å². The molecule has 0 aliphatic rings. The molecule has 0 saturated heterocycles. The predicted molar refractivity (Wildman–Crippen MR) is 115 cm³/mol. The summed E-state index contributed by atoms with van der Waals surface area (Å²) < 4.78 is 7.25. The number of methoxy groups -OCH3 is 1. The molecular weight excluding hydrogens is 346 g/mol. The Labute approximate surface area is 165 Å². The van der Waals surface area contributed by atoms with Crippen molar-refractivity contribution in [1.82, 2.24) is 9.78 Å². The van der Waals surface area contributed by atoms with E-state index in [2.05, 4.69) is 67.0 Å². The summed E-state index contributed by atoms with van der Waals surface area (Å²) in [6, 6.07) is 26.6. The zero-order valence-electron chi connectivity index (χ0n) is 16.1. The Kier molecular flexibility index (Phi) is 5.11. The predicted octanol–water partition coefficient (Wildman–Crippen LogP) is 5.65. The minimum atomic E-state index is 0.834. The number of hydrogen-bond acceptors (Lipinski definition) is 3. The molecule has 4 nitrogen and oxygen atoms in total. The van der Waals surface area contributed by atoms with Gasteiger partial charge in [0.1, 0.15) is 11.4 Å². The van der Waals surface area contributed by atoms with E-state index in [-0.39, 0.29) is 0 Å². The van der Waals surface area contributed by atoms with Gasteiger partial charge in [-0.15, -0.1) is 0 Å². The van der Waals surface area contributed by atoms with E-state index >= 15 is 0 Å². The van der Waals surface area contributed by atoms with Gasteiger partial charge in [-0.2, -0.15) is 5.10 Å². The van der Waals surface area contributed by atoms with Crippen molar-refractivity contribution in [3.63, 3.8) is 0 Å². The molecule has 0 fully saturated rings. The highest BCUT2D eigenvalue weighted by Crippen LogP contribution is 2.36. The lowest BCUT2D eigenvalue weighted by molar-refractivity contribution is 0.415. The van der Waals surface area contributed by atoms with Gasteiger partial charge in [-0.05, 0) is 49.4 Å². The van der Waals surface area contributed by atoms with Crippen molar-refractivity contribution in [3.05, 3.63) is 85.1 Å². The molecule has 0 saturated carbocycles. The third-order valence-corrected chi connectivity index (χ3v) is 4.68. The van der Waals surface area contributed by atoms with Crippen LogP contribution in [0.2, 0.25) is 0 Å². The molecule has 0 aliphatic carbocycles. The Bertz CT molecular complexity index is 1050. The summed E-state index contributed by atoms with van der Waals surface area (Å²) in [6.07, 6.45) is 2.10. The molecule has 0 unspecified atom stereocenters. The van der Waals surface area contributed by atoms with E-state index in [4.69, 9.17) is 9.84 Å². The van der Waals surface area contributed by atoms with Crippen LogP contribution in [0.25, 0.3) is 28.1 Å². The van der Waals surface area contributed by atoms with Crippen LogP contribution in [0.4, 0.5) is 5.69 Å². The molecule has 0 spiro atoms. The first kappa shape index (κ1) is 17.9. The Hall–Kier alpha value is -3.53. The zero-order valence-corrected chi connectivity index (χ0v) is 16.1. The van der Waals surface area contributed by atoms with Gasteiger partial charge in [-0.1, -0.05) is 36.4 Å². The van der Waals surface area contributed by atoms with Crippen LogP contribution in [0.15, 0.2) is 85.1 Å². The molecule has 4 rings (SSSR count). The molecule has 1 aromatic heterocycles. The number of nitrogens with zero attached hydrogens (tertiary/aromatic N) is 2. The van der Waals surface area contributed by atoms with Gasteiger partial charge in [-0.3, -0.25) is 0 Å². The molecule has 0 radical (unpaired) electrons. The Morgan fingerprint density at radius 3 is 2.29 bits per heavy atom. The minimum absolute atomic E-state index is 0.834. The van der Waals surface area contributed by atoms with Gasteiger partial charge in [-0.25, -0.2) is 4.68 Å². The third kappa shape index (κ3) is 3.49. The van der Waals surface area contributed by atoms with E-state index in [1.807, 2.05) is 35.0 Å². The van der Waals surface area contributed by atoms with Gasteiger partial charge in [0.25, 0.3) is 0 Å². The minimum Gasteiger partial charge on any atom is -0.497 e. The first-order valence-electron chi connectivity index (χ1n) is 9.43. The summed E-state index contributed by atoms with van der Waals surface area (Å²) in [6.45, 7) is 2.97. The molecule has 4 heteroatoms. The van der Waals surface area contributed by atoms with Crippen molar-refractivity contribution in [3.8, 4) is 33.8 Å². The van der Waals surface area contributed by atoms with Gasteiger partial charge in [0, 0.05) is 35.1 Å². The highest BCUT2D eigenvalue weighted by molar-refractivity contribution is 5.87. The molecule has 0 amide bonds. The van der Waals surface area contributed by atoms with Gasteiger partial charge in [0.15, 0.2) is 0 Å². The Balaban J connectivity index is 1.89. The standard InChI is InChI=1S/C24H23N3O/c1-3-25-23-12-8-7-11-21(23)22-17-27(19-9-5-4-6-10-19)26-24(22)18-13-15-20(28-2)16-14-18/h4-17,25H,3H2,1-2H3. The first-order valence-corrected chi connectivity index (χ1v) is 9.43. The largest absolute Gasteiger partial charge is 0.497 e. The number of ether oxygens (including phenoxy) is 1. The molecular formula is C24H23N3O. The van der Waals surface area contributed by atoms with Crippen molar-refractivity contribution in [2.24, 2.45) is 0 Å². The van der Waals surface area contributed by atoms with Crippen LogP contribution in [0, 0.1) is 0 Å². The van der Waals surface area contributed by atoms with Crippen molar-refractivity contribution in [2.75, 3.05) is 19.0 Å². The highest BCUT2D eigenvalue weighted by atomic mass is 16.5. The van der Waals surface area contributed by atoms with Crippen molar-refractivity contribution in [1.29, 1.82) is 0 Å². The van der Waals surface area contributed by atoms with E-state index in [0.29, 0.717) is 0 Å². The summed E-state index contributed by atoms with van der Waals surface area (Å²) in [5, 5.41) is 8.40. The molecule has 3 aromatic carbocycles. The van der Waals surface area contributed by atoms with Crippen molar-refractivity contribution < 1.29 is 4.74 Å². The maximum absolute atomic E-state index is 5.31. The maximum atomic E-state index is 5.31. The fraction of sp³-hybridized carbons (Fsp3) is 0.125. The number of benzene rings is 3. The Morgan fingerprint density at radius 1 is 0.857 bits per heavy atom. The molecule has 4 aromatic rings. The lowest BCUT2D eigenvalue weighted by Crippen LogP contribution is -1.98. The number of aromatic nitrogens is 2. The second-order valence-electron chi connectivity index (χ2n) is 6.48. The second kappa shape index (κ2) is 8.01. The number of para-hydroxylation sites is 2. The molecule has 0 bridgehead atoms. The van der Waals surface area contributed by atoms with Crippen LogP contribution >= 0.6 is 0 Å². The second-order valence-corrected chi connectivity index (χ2v) is 6.48. The van der Waals surface area contributed by atoms with E-state index in [9.17, 15) is 0 Å². The van der Waals surface area contributed by atoms with Gasteiger partial charge < -0.3 is 10.1 Å². The SMILES string of the molecule is CCNc1ccccc1-c1cn(-c2ccccc2)nc1-c1ccc(OC)cc1. The van der Waals surface area contributed by atoms with Gasteiger partial charge >= 0.3 is 0 Å². The van der Waals surface area contributed by atoms with Crippen LogP contribution < -0.4 is 10.1 Å². The highest BCUT2D eigenvalue weighted by Gasteiger charge is 2.16. The van der Waals surface area contributed by atoms with Crippen molar-refractivity contribution in [2.45, 2.75) is 6.92 Å². The summed E-state index contributed by atoms with van der Waals surface area (Å²) >= 11 is 0. The van der Waals surface area contributed by atoms with Crippen LogP contribution in [0.5, 0.6) is 5.75 Å². The topological polar surface area (TPSA) is 39.1 Å². The summed E-state index contributed by atoms with van der Waals surface area (Å²) in [4.78, 5) is 0. The van der Waals surface area contributed by atoms with Crippen LogP contribution in [0.1, 0.15) is 6.92 Å². The molecule has 140 valence electrons. The number of hydrogen-bond donors (Lipinski definition) is 1. The fourth-order valence-corrected chi connectivity index (χ4v) is 3.31. The average molecular weight is 369 g/mol. The van der Waals surface area contributed by atoms with E-state index in [1.165, 1.54) is 0 Å². The molecule has 28 heavy (non-hydrogen) atoms. The molecule has 1 N–H and O–H groups in total. The van der Waals surface area contributed by atoms with Gasteiger partial charge in [0.2, 0.25) is 0 Å². The normalized spacial score (nSPS) is 10.6. The van der Waals surface area contributed by atoms with E-state index < -0.39 is 0 Å². The lowest BCUT2D eigenvalue weighted by Gasteiger charge is -2.11. The number of rotatable bonds is 6. The summed E-state index contributed by atoms with van der Waals surface area (Å²) in [5.74, 6) is 0.834. The average Bonchev–Trinajstić information content (AvgIpc) is 3.20. The molecule has 0 aliphatic heterocycles. The quantitative estimate of drug-likeness (QED) is 0.477. The van der Waals surface area contributed by atoms with Crippen LogP contribution in [-0.4, -0.2) is 23.4 Å². The molecule has 0 atom stereocenters. The summed E-state index contributed by atoms with van der Waals surface area (Å²) in [5.41, 5.74) is 6.35. The monoisotopic (exact) mass is 369 g/mol. The van der Waals surface area contributed by atoms with Crippen molar-refractivity contribution >= 4 is 5.69 Å². The maximum Gasteiger partial charge on any atom is 0.118 e. The Morgan fingerprint density at radius 2 is 1.57 bits per heavy atom. The summed E-state index contributed by atoms with van der Waals surface area (Å²) in [7, 11) is 1.68. The molecule has 1 heterocycles. The number of nitrogens with one attached hydrogen (secondary N) is 1. The lowest BCUT2D eigenvalue weighted by atomic mass is 10.00. The van der Waals surface area contributed by atoms with E-state index in [1.54, 1.807) is 7.11 Å². The fourth-order valence-electron chi connectivity index (χ4n) is 3.31. The number of anilines is 1. The van der Waals surface area contributed by atoms with E-state index in [0.717, 1.165) is 46.1 Å². The zero-order chi connectivity index (χ0) is 19.3. The van der Waals surface area contributed by atoms with Crippen LogP contribution in [0.3, 0.4) is 0 Å². The van der Waals surface area contributed by atoms with Crippen LogP contribution in [-0.2, 0) is 0 Å². The first-order chi connectivity index (χ1) is 13.8.